The van der Waals surface area contributed by atoms with Crippen molar-refractivity contribution in [3.8, 4) is 0 Å². The molecule has 2 heterocycles. The Labute approximate surface area is 144 Å². The molecular weight excluding hydrogens is 329 g/mol. The van der Waals surface area contributed by atoms with Crippen LogP contribution in [0.25, 0.3) is 10.9 Å². The van der Waals surface area contributed by atoms with Gasteiger partial charge in [0.05, 0.1) is 5.02 Å². The Balaban J connectivity index is 1.56. The Bertz CT molecular complexity index is 829. The fraction of sp³-hybridized carbons (Fsp3) is 0.294. The summed E-state index contributed by atoms with van der Waals surface area (Å²) in [6.45, 7) is 1.49. The molecule has 7 heteroatoms. The Morgan fingerprint density at radius 2 is 2.00 bits per heavy atom. The maximum atomic E-state index is 13.5. The molecule has 0 fully saturated rings. The van der Waals surface area contributed by atoms with E-state index < -0.39 is 5.82 Å². The first-order chi connectivity index (χ1) is 11.5. The summed E-state index contributed by atoms with van der Waals surface area (Å²) in [5.74, 6) is 0.290. The highest BCUT2D eigenvalue weighted by atomic mass is 35.5. The van der Waals surface area contributed by atoms with Crippen LogP contribution in [0.15, 0.2) is 30.7 Å². The second-order valence-electron chi connectivity index (χ2n) is 5.84. The minimum absolute atomic E-state index is 0.148. The fourth-order valence-corrected chi connectivity index (χ4v) is 2.67. The lowest BCUT2D eigenvalue weighted by molar-refractivity contribution is 0.630. The molecule has 0 radical (unpaired) electrons. The molecule has 0 saturated heterocycles. The van der Waals surface area contributed by atoms with Crippen LogP contribution in [0, 0.1) is 5.82 Å². The molecule has 24 heavy (non-hydrogen) atoms. The van der Waals surface area contributed by atoms with E-state index in [0.29, 0.717) is 12.5 Å². The average molecular weight is 348 g/mol. The summed E-state index contributed by atoms with van der Waals surface area (Å²) in [7, 11) is 3.82. The number of anilines is 1. The summed E-state index contributed by atoms with van der Waals surface area (Å²) >= 11 is 5.87. The molecule has 3 aromatic rings. The monoisotopic (exact) mass is 347 g/mol. The number of halogens is 2. The number of fused-ring (bicyclic) bond motifs is 1. The standard InChI is InChI=1S/C17H19ClFN5/c1-24(2)17-22-8-11(9-23-17)7-20-4-3-12-10-21-16-6-15(19)14(18)5-13(12)16/h5-6,8-10,20-21H,3-4,7H2,1-2H3. The number of aromatic nitrogens is 3. The lowest BCUT2D eigenvalue weighted by Gasteiger charge is -2.10. The van der Waals surface area contributed by atoms with Crippen molar-refractivity contribution in [3.63, 3.8) is 0 Å². The van der Waals surface area contributed by atoms with Crippen LogP contribution in [0.1, 0.15) is 11.1 Å². The molecule has 126 valence electrons. The van der Waals surface area contributed by atoms with E-state index in [1.165, 1.54) is 6.07 Å². The topological polar surface area (TPSA) is 56.8 Å². The second kappa shape index (κ2) is 7.15. The summed E-state index contributed by atoms with van der Waals surface area (Å²) in [6, 6.07) is 3.10. The minimum atomic E-state index is -0.406. The highest BCUT2D eigenvalue weighted by Crippen LogP contribution is 2.25. The third kappa shape index (κ3) is 3.66. The van der Waals surface area contributed by atoms with Crippen LogP contribution < -0.4 is 10.2 Å². The van der Waals surface area contributed by atoms with Crippen LogP contribution in [0.5, 0.6) is 0 Å². The molecule has 0 saturated carbocycles. The highest BCUT2D eigenvalue weighted by molar-refractivity contribution is 6.31. The quantitative estimate of drug-likeness (QED) is 0.673. The Kier molecular flexibility index (Phi) is 4.97. The van der Waals surface area contributed by atoms with Crippen molar-refractivity contribution in [1.82, 2.24) is 20.3 Å². The third-order valence-electron chi connectivity index (χ3n) is 3.80. The maximum absolute atomic E-state index is 13.5. The van der Waals surface area contributed by atoms with Crippen molar-refractivity contribution in [2.75, 3.05) is 25.5 Å². The number of nitrogens with one attached hydrogen (secondary N) is 2. The van der Waals surface area contributed by atoms with Crippen LogP contribution in [0.3, 0.4) is 0 Å². The van der Waals surface area contributed by atoms with E-state index in [1.807, 2.05) is 37.6 Å². The number of benzene rings is 1. The maximum Gasteiger partial charge on any atom is 0.224 e. The van der Waals surface area contributed by atoms with Crippen LogP contribution in [-0.4, -0.2) is 35.6 Å². The molecule has 0 atom stereocenters. The average Bonchev–Trinajstić information content (AvgIpc) is 2.94. The number of hydrogen-bond acceptors (Lipinski definition) is 4. The SMILES string of the molecule is CN(C)c1ncc(CNCCc2c[nH]c3cc(F)c(Cl)cc23)cn1. The highest BCUT2D eigenvalue weighted by Gasteiger charge is 2.08. The van der Waals surface area contributed by atoms with Gasteiger partial charge in [-0.15, -0.1) is 0 Å². The van der Waals surface area contributed by atoms with E-state index in [1.54, 1.807) is 6.07 Å². The zero-order chi connectivity index (χ0) is 17.1. The lowest BCUT2D eigenvalue weighted by atomic mass is 10.1. The Morgan fingerprint density at radius 3 is 2.71 bits per heavy atom. The van der Waals surface area contributed by atoms with Gasteiger partial charge in [0.15, 0.2) is 0 Å². The van der Waals surface area contributed by atoms with Gasteiger partial charge in [-0.3, -0.25) is 0 Å². The van der Waals surface area contributed by atoms with Gasteiger partial charge in [-0.1, -0.05) is 11.6 Å². The van der Waals surface area contributed by atoms with Crippen LogP contribution in [-0.2, 0) is 13.0 Å². The van der Waals surface area contributed by atoms with Crippen molar-refractivity contribution in [2.24, 2.45) is 0 Å². The number of rotatable bonds is 6. The zero-order valence-electron chi connectivity index (χ0n) is 13.6. The predicted octanol–water partition coefficient (Wildman–Crippen LogP) is 3.15. The number of hydrogen-bond donors (Lipinski definition) is 2. The molecule has 3 rings (SSSR count). The van der Waals surface area contributed by atoms with Gasteiger partial charge in [-0.25, -0.2) is 14.4 Å². The van der Waals surface area contributed by atoms with E-state index in [9.17, 15) is 4.39 Å². The van der Waals surface area contributed by atoms with E-state index in [4.69, 9.17) is 11.6 Å². The van der Waals surface area contributed by atoms with Gasteiger partial charge in [0, 0.05) is 55.7 Å². The Hall–Kier alpha value is -2.18. The van der Waals surface area contributed by atoms with Gasteiger partial charge in [-0.05, 0) is 30.7 Å². The predicted molar refractivity (Wildman–Crippen MR) is 95.0 cm³/mol. The molecule has 0 unspecified atom stereocenters. The molecule has 1 aromatic carbocycles. The first-order valence-corrected chi connectivity index (χ1v) is 8.06. The van der Waals surface area contributed by atoms with Gasteiger partial charge >= 0.3 is 0 Å². The molecule has 0 aliphatic carbocycles. The lowest BCUT2D eigenvalue weighted by Crippen LogP contribution is -2.18. The van der Waals surface area contributed by atoms with Crippen LogP contribution >= 0.6 is 11.6 Å². The molecule has 5 nitrogen and oxygen atoms in total. The van der Waals surface area contributed by atoms with Crippen molar-refractivity contribution < 1.29 is 4.39 Å². The van der Waals surface area contributed by atoms with Crippen molar-refractivity contribution in [3.05, 3.63) is 52.7 Å². The smallest absolute Gasteiger partial charge is 0.224 e. The largest absolute Gasteiger partial charge is 0.361 e. The van der Waals surface area contributed by atoms with Crippen molar-refractivity contribution in [2.45, 2.75) is 13.0 Å². The van der Waals surface area contributed by atoms with Gasteiger partial charge < -0.3 is 15.2 Å². The molecule has 0 aliphatic rings. The van der Waals surface area contributed by atoms with E-state index in [2.05, 4.69) is 20.3 Å². The van der Waals surface area contributed by atoms with Crippen LogP contribution in [0.4, 0.5) is 10.3 Å². The normalized spacial score (nSPS) is 11.2. The summed E-state index contributed by atoms with van der Waals surface area (Å²) < 4.78 is 13.5. The van der Waals surface area contributed by atoms with Gasteiger partial charge in [0.25, 0.3) is 0 Å². The summed E-state index contributed by atoms with van der Waals surface area (Å²) in [6.07, 6.45) is 6.36. The molecular formula is C17H19ClFN5. The Morgan fingerprint density at radius 1 is 1.25 bits per heavy atom. The summed E-state index contributed by atoms with van der Waals surface area (Å²) in [4.78, 5) is 13.5. The molecule has 2 N–H and O–H groups in total. The summed E-state index contributed by atoms with van der Waals surface area (Å²) in [5.41, 5.74) is 2.91. The van der Waals surface area contributed by atoms with Crippen molar-refractivity contribution >= 4 is 28.5 Å². The molecule has 0 bridgehead atoms. The van der Waals surface area contributed by atoms with Gasteiger partial charge in [0.1, 0.15) is 5.82 Å². The van der Waals surface area contributed by atoms with E-state index in [-0.39, 0.29) is 5.02 Å². The molecule has 0 aliphatic heterocycles. The first-order valence-electron chi connectivity index (χ1n) is 7.68. The van der Waals surface area contributed by atoms with E-state index >= 15 is 0 Å². The van der Waals surface area contributed by atoms with Crippen LogP contribution in [0.2, 0.25) is 5.02 Å². The second-order valence-corrected chi connectivity index (χ2v) is 6.25. The fourth-order valence-electron chi connectivity index (χ4n) is 2.51. The molecule has 2 aromatic heterocycles. The number of aromatic amines is 1. The zero-order valence-corrected chi connectivity index (χ0v) is 14.4. The third-order valence-corrected chi connectivity index (χ3v) is 4.09. The first kappa shape index (κ1) is 16.7. The van der Waals surface area contributed by atoms with Gasteiger partial charge in [0.2, 0.25) is 5.95 Å². The summed E-state index contributed by atoms with van der Waals surface area (Å²) in [5, 5.41) is 4.47. The van der Waals surface area contributed by atoms with Crippen molar-refractivity contribution in [1.29, 1.82) is 0 Å². The molecule has 0 spiro atoms. The molecule has 0 amide bonds. The van der Waals surface area contributed by atoms with Gasteiger partial charge in [-0.2, -0.15) is 0 Å². The number of nitrogens with zero attached hydrogens (tertiary/aromatic N) is 3. The minimum Gasteiger partial charge on any atom is -0.361 e. The number of H-pyrrole nitrogens is 1. The van der Waals surface area contributed by atoms with E-state index in [0.717, 1.165) is 35.0 Å².